The van der Waals surface area contributed by atoms with Gasteiger partial charge in [-0.3, -0.25) is 9.78 Å². The topological polar surface area (TPSA) is 59.8 Å². The summed E-state index contributed by atoms with van der Waals surface area (Å²) in [5.74, 6) is 0.820. The summed E-state index contributed by atoms with van der Waals surface area (Å²) in [6.45, 7) is 1.48. The number of hydrogen-bond donors (Lipinski definition) is 1. The number of rotatable bonds is 5. The molecule has 0 atom stereocenters. The zero-order valence-corrected chi connectivity index (χ0v) is 15.4. The molecule has 1 aromatic carbocycles. The molecular formula is C22H24N4O. The first kappa shape index (κ1) is 17.5. The fraction of sp³-hybridized carbons (Fsp3) is 0.318. The van der Waals surface area contributed by atoms with E-state index >= 15 is 0 Å². The minimum atomic E-state index is -0.0845. The van der Waals surface area contributed by atoms with Crippen molar-refractivity contribution < 1.29 is 4.79 Å². The van der Waals surface area contributed by atoms with Gasteiger partial charge in [0, 0.05) is 37.0 Å². The van der Waals surface area contributed by atoms with Crippen molar-refractivity contribution in [3.63, 3.8) is 0 Å². The molecule has 0 unspecified atom stereocenters. The first-order chi connectivity index (χ1) is 13.3. The number of nitrogens with zero attached hydrogens (tertiary/aromatic N) is 3. The zero-order valence-electron chi connectivity index (χ0n) is 15.4. The van der Waals surface area contributed by atoms with E-state index in [4.69, 9.17) is 4.98 Å². The quantitative estimate of drug-likeness (QED) is 0.756. The zero-order chi connectivity index (χ0) is 18.5. The van der Waals surface area contributed by atoms with Gasteiger partial charge in [-0.1, -0.05) is 42.8 Å². The predicted octanol–water partition coefficient (Wildman–Crippen LogP) is 3.64. The van der Waals surface area contributed by atoms with Crippen molar-refractivity contribution >= 4 is 5.91 Å². The van der Waals surface area contributed by atoms with Crippen LogP contribution in [-0.2, 0) is 19.4 Å². The Morgan fingerprint density at radius 1 is 1.04 bits per heavy atom. The molecule has 1 aliphatic heterocycles. The maximum atomic E-state index is 12.9. The van der Waals surface area contributed by atoms with Crippen LogP contribution >= 0.6 is 0 Å². The number of hydrogen-bond acceptors (Lipinski definition) is 3. The van der Waals surface area contributed by atoms with Gasteiger partial charge in [0.1, 0.15) is 11.5 Å². The molecule has 4 rings (SSSR count). The van der Waals surface area contributed by atoms with Crippen LogP contribution in [-0.4, -0.2) is 27.0 Å². The summed E-state index contributed by atoms with van der Waals surface area (Å²) >= 11 is 0. The average molecular weight is 360 g/mol. The number of pyridine rings is 1. The maximum absolute atomic E-state index is 12.9. The molecule has 1 N–H and O–H groups in total. The fourth-order valence-corrected chi connectivity index (χ4v) is 3.64. The van der Waals surface area contributed by atoms with Gasteiger partial charge in [-0.2, -0.15) is 0 Å². The summed E-state index contributed by atoms with van der Waals surface area (Å²) < 4.78 is 2.25. The van der Waals surface area contributed by atoms with E-state index in [1.165, 1.54) is 6.42 Å². The Kier molecular flexibility index (Phi) is 5.28. The minimum Gasteiger partial charge on any atom is -0.350 e. The summed E-state index contributed by atoms with van der Waals surface area (Å²) in [4.78, 5) is 21.9. The van der Waals surface area contributed by atoms with Crippen molar-refractivity contribution in [1.29, 1.82) is 0 Å². The lowest BCUT2D eigenvalue weighted by Gasteiger charge is -2.09. The molecule has 1 amide bonds. The van der Waals surface area contributed by atoms with Gasteiger partial charge in [0.15, 0.2) is 0 Å². The number of carbonyl (C=O) groups excluding carboxylic acids is 1. The Morgan fingerprint density at radius 2 is 1.89 bits per heavy atom. The maximum Gasteiger partial charge on any atom is 0.271 e. The van der Waals surface area contributed by atoms with Crippen LogP contribution in [0.15, 0.2) is 54.7 Å². The standard InChI is InChI=1S/C22H24N4O/c27-22(24-15-13-18-11-6-7-14-23-18)20-19-12-5-2-8-16-26(19)21(25-20)17-9-3-1-4-10-17/h1,3-4,6-7,9-11,14H,2,5,8,12-13,15-16H2,(H,24,27). The summed E-state index contributed by atoms with van der Waals surface area (Å²) in [7, 11) is 0. The Labute approximate surface area is 159 Å². The monoisotopic (exact) mass is 360 g/mol. The highest BCUT2D eigenvalue weighted by molar-refractivity contribution is 5.94. The van der Waals surface area contributed by atoms with E-state index in [9.17, 15) is 4.79 Å². The Morgan fingerprint density at radius 3 is 2.70 bits per heavy atom. The molecule has 138 valence electrons. The second kappa shape index (κ2) is 8.16. The number of benzene rings is 1. The third-order valence-corrected chi connectivity index (χ3v) is 5.01. The molecule has 1 aliphatic rings. The van der Waals surface area contributed by atoms with Gasteiger partial charge < -0.3 is 9.88 Å². The molecule has 3 heterocycles. The van der Waals surface area contributed by atoms with Crippen molar-refractivity contribution in [2.24, 2.45) is 0 Å². The van der Waals surface area contributed by atoms with Crippen LogP contribution in [0.5, 0.6) is 0 Å². The number of amides is 1. The molecule has 27 heavy (non-hydrogen) atoms. The molecule has 5 heteroatoms. The van der Waals surface area contributed by atoms with Gasteiger partial charge >= 0.3 is 0 Å². The van der Waals surface area contributed by atoms with Crippen molar-refractivity contribution in [3.05, 3.63) is 71.8 Å². The van der Waals surface area contributed by atoms with Gasteiger partial charge in [0.25, 0.3) is 5.91 Å². The number of aromatic nitrogens is 3. The number of carbonyl (C=O) groups is 1. The minimum absolute atomic E-state index is 0.0845. The highest BCUT2D eigenvalue weighted by atomic mass is 16.1. The molecule has 3 aromatic rings. The highest BCUT2D eigenvalue weighted by Gasteiger charge is 2.23. The van der Waals surface area contributed by atoms with Gasteiger partial charge in [0.05, 0.1) is 5.69 Å². The van der Waals surface area contributed by atoms with Gasteiger partial charge in [0.2, 0.25) is 0 Å². The summed E-state index contributed by atoms with van der Waals surface area (Å²) in [6.07, 6.45) is 6.82. The van der Waals surface area contributed by atoms with E-state index in [2.05, 4.69) is 27.0 Å². The smallest absolute Gasteiger partial charge is 0.271 e. The lowest BCUT2D eigenvalue weighted by molar-refractivity contribution is 0.0948. The molecule has 0 aliphatic carbocycles. The highest BCUT2D eigenvalue weighted by Crippen LogP contribution is 2.27. The van der Waals surface area contributed by atoms with Gasteiger partial charge in [-0.25, -0.2) is 4.98 Å². The van der Waals surface area contributed by atoms with Crippen LogP contribution in [0.25, 0.3) is 11.4 Å². The second-order valence-electron chi connectivity index (χ2n) is 6.89. The molecular weight excluding hydrogens is 336 g/mol. The third-order valence-electron chi connectivity index (χ3n) is 5.01. The van der Waals surface area contributed by atoms with Crippen LogP contribution in [0, 0.1) is 0 Å². The Balaban J connectivity index is 1.56. The summed E-state index contributed by atoms with van der Waals surface area (Å²) in [5.41, 5.74) is 3.69. The van der Waals surface area contributed by atoms with Gasteiger partial charge in [-0.05, 0) is 31.4 Å². The molecule has 5 nitrogen and oxygen atoms in total. The first-order valence-electron chi connectivity index (χ1n) is 9.66. The summed E-state index contributed by atoms with van der Waals surface area (Å²) in [5, 5.41) is 3.03. The molecule has 0 saturated carbocycles. The largest absolute Gasteiger partial charge is 0.350 e. The van der Waals surface area contributed by atoms with E-state index < -0.39 is 0 Å². The van der Waals surface area contributed by atoms with Crippen molar-refractivity contribution in [3.8, 4) is 11.4 Å². The molecule has 2 aromatic heterocycles. The van der Waals surface area contributed by atoms with Crippen LogP contribution in [0.1, 0.15) is 41.1 Å². The fourth-order valence-electron chi connectivity index (χ4n) is 3.64. The number of fused-ring (bicyclic) bond motifs is 1. The molecule has 0 fully saturated rings. The van der Waals surface area contributed by atoms with Crippen LogP contribution < -0.4 is 5.32 Å². The molecule has 0 saturated heterocycles. The summed E-state index contributed by atoms with van der Waals surface area (Å²) in [6, 6.07) is 16.0. The number of nitrogens with one attached hydrogen (secondary N) is 1. The van der Waals surface area contributed by atoms with E-state index in [-0.39, 0.29) is 5.91 Å². The predicted molar refractivity (Wildman–Crippen MR) is 105 cm³/mol. The van der Waals surface area contributed by atoms with Crippen LogP contribution in [0.3, 0.4) is 0 Å². The van der Waals surface area contributed by atoms with Gasteiger partial charge in [-0.15, -0.1) is 0 Å². The SMILES string of the molecule is O=C(NCCc1ccccn1)c1nc(-c2ccccc2)n2c1CCCCC2. The molecule has 0 bridgehead atoms. The second-order valence-corrected chi connectivity index (χ2v) is 6.89. The van der Waals surface area contributed by atoms with Crippen molar-refractivity contribution in [2.45, 2.75) is 38.6 Å². The third kappa shape index (κ3) is 3.92. The van der Waals surface area contributed by atoms with E-state index in [1.807, 2.05) is 36.4 Å². The normalized spacial score (nSPS) is 13.6. The molecule has 0 spiro atoms. The first-order valence-corrected chi connectivity index (χ1v) is 9.66. The van der Waals surface area contributed by atoms with E-state index in [0.717, 1.165) is 48.6 Å². The van der Waals surface area contributed by atoms with Crippen molar-refractivity contribution in [2.75, 3.05) is 6.54 Å². The average Bonchev–Trinajstić information content (AvgIpc) is 2.90. The van der Waals surface area contributed by atoms with E-state index in [0.29, 0.717) is 18.7 Å². The Bertz CT molecular complexity index is 903. The lowest BCUT2D eigenvalue weighted by Crippen LogP contribution is -2.27. The lowest BCUT2D eigenvalue weighted by atomic mass is 10.1. The van der Waals surface area contributed by atoms with Crippen LogP contribution in [0.4, 0.5) is 0 Å². The van der Waals surface area contributed by atoms with Crippen molar-refractivity contribution in [1.82, 2.24) is 19.9 Å². The number of imidazole rings is 1. The molecule has 0 radical (unpaired) electrons. The van der Waals surface area contributed by atoms with Crippen LogP contribution in [0.2, 0.25) is 0 Å². The van der Waals surface area contributed by atoms with E-state index in [1.54, 1.807) is 6.20 Å². The Hall–Kier alpha value is -2.95.